The first-order chi connectivity index (χ1) is 15.4. The third-order valence-corrected chi connectivity index (χ3v) is 6.77. The number of benzene rings is 2. The summed E-state index contributed by atoms with van der Waals surface area (Å²) in [5.74, 6) is 1.33. The van der Waals surface area contributed by atoms with Crippen LogP contribution < -0.4 is 10.2 Å². The molecule has 0 radical (unpaired) electrons. The van der Waals surface area contributed by atoms with Crippen LogP contribution in [-0.4, -0.2) is 54.4 Å². The van der Waals surface area contributed by atoms with E-state index in [0.29, 0.717) is 17.6 Å². The second-order valence-electron chi connectivity index (χ2n) is 8.87. The Morgan fingerprint density at radius 3 is 2.00 bits per heavy atom. The van der Waals surface area contributed by atoms with Crippen LogP contribution in [0.5, 0.6) is 0 Å². The van der Waals surface area contributed by atoms with Crippen LogP contribution in [-0.2, 0) is 9.59 Å². The summed E-state index contributed by atoms with van der Waals surface area (Å²) in [4.78, 5) is 29.5. The molecular weight excluding hydrogens is 418 g/mol. The molecule has 1 aliphatic heterocycles. The molecule has 2 amide bonds. The highest BCUT2D eigenvalue weighted by Gasteiger charge is 2.22. The lowest BCUT2D eigenvalue weighted by Gasteiger charge is -2.36. The van der Waals surface area contributed by atoms with Gasteiger partial charge in [0, 0.05) is 37.6 Å². The second-order valence-corrected chi connectivity index (χ2v) is 9.85. The van der Waals surface area contributed by atoms with Gasteiger partial charge in [-0.15, -0.1) is 11.8 Å². The van der Waals surface area contributed by atoms with Crippen LogP contribution in [0.2, 0.25) is 0 Å². The van der Waals surface area contributed by atoms with Crippen molar-refractivity contribution in [2.45, 2.75) is 39.5 Å². The molecule has 0 atom stereocenters. The van der Waals surface area contributed by atoms with Crippen LogP contribution >= 0.6 is 11.8 Å². The van der Waals surface area contributed by atoms with E-state index >= 15 is 0 Å². The average molecular weight is 454 g/mol. The quantitative estimate of drug-likeness (QED) is 0.614. The molecule has 1 aliphatic rings. The van der Waals surface area contributed by atoms with Crippen molar-refractivity contribution in [1.82, 2.24) is 4.90 Å². The molecule has 0 spiro atoms. The van der Waals surface area contributed by atoms with Gasteiger partial charge in [0.2, 0.25) is 11.8 Å². The lowest BCUT2D eigenvalue weighted by molar-refractivity contribution is -0.128. The summed E-state index contributed by atoms with van der Waals surface area (Å²) in [7, 11) is 0. The zero-order chi connectivity index (χ0) is 23.1. The van der Waals surface area contributed by atoms with Crippen LogP contribution in [0.25, 0.3) is 0 Å². The van der Waals surface area contributed by atoms with Crippen LogP contribution in [0.15, 0.2) is 48.5 Å². The van der Waals surface area contributed by atoms with E-state index in [0.717, 1.165) is 43.0 Å². The number of amides is 2. The minimum Gasteiger partial charge on any atom is -0.368 e. The smallest absolute Gasteiger partial charge is 0.234 e. The molecular formula is C26H35N3O2S. The van der Waals surface area contributed by atoms with Crippen molar-refractivity contribution in [2.24, 2.45) is 0 Å². The number of rotatable bonds is 8. The van der Waals surface area contributed by atoms with E-state index in [1.54, 1.807) is 0 Å². The van der Waals surface area contributed by atoms with Crippen LogP contribution in [0.3, 0.4) is 0 Å². The van der Waals surface area contributed by atoms with Gasteiger partial charge < -0.3 is 15.1 Å². The van der Waals surface area contributed by atoms with E-state index in [4.69, 9.17) is 0 Å². The van der Waals surface area contributed by atoms with Gasteiger partial charge in [-0.1, -0.05) is 64.1 Å². The normalized spacial score (nSPS) is 14.2. The Kier molecular flexibility index (Phi) is 8.62. The molecule has 1 N–H and O–H groups in total. The number of hydrogen-bond donors (Lipinski definition) is 1. The SMILES string of the molecule is CC(C)c1cccc(C(C)C)c1NC(=O)CSCC(=O)N1CCN(c2ccccc2)CC1. The maximum atomic E-state index is 12.7. The Bertz CT molecular complexity index is 880. The molecule has 0 unspecified atom stereocenters. The third-order valence-electron chi connectivity index (χ3n) is 5.85. The molecule has 0 aromatic heterocycles. The monoisotopic (exact) mass is 453 g/mol. The fraction of sp³-hybridized carbons (Fsp3) is 0.462. The van der Waals surface area contributed by atoms with Crippen molar-refractivity contribution in [3.8, 4) is 0 Å². The number of nitrogens with zero attached hydrogens (tertiary/aromatic N) is 2. The predicted molar refractivity (Wildman–Crippen MR) is 136 cm³/mol. The zero-order valence-corrected chi connectivity index (χ0v) is 20.5. The standard InChI is InChI=1S/C26H35N3O2S/c1-19(2)22-11-8-12-23(20(3)4)26(22)27-24(30)17-32-18-25(31)29-15-13-28(14-16-29)21-9-6-5-7-10-21/h5-12,19-20H,13-18H2,1-4H3,(H,27,30). The maximum absolute atomic E-state index is 12.7. The van der Waals surface area contributed by atoms with Crippen LogP contribution in [0.4, 0.5) is 11.4 Å². The molecule has 1 heterocycles. The fourth-order valence-electron chi connectivity index (χ4n) is 4.05. The van der Waals surface area contributed by atoms with E-state index in [1.165, 1.54) is 17.4 Å². The van der Waals surface area contributed by atoms with Gasteiger partial charge in [-0.25, -0.2) is 0 Å². The number of carbonyl (C=O) groups excluding carboxylic acids is 2. The van der Waals surface area contributed by atoms with Crippen molar-refractivity contribution >= 4 is 35.0 Å². The molecule has 2 aromatic rings. The summed E-state index contributed by atoms with van der Waals surface area (Å²) < 4.78 is 0. The Hall–Kier alpha value is -2.47. The molecule has 1 saturated heterocycles. The van der Waals surface area contributed by atoms with E-state index < -0.39 is 0 Å². The number of piperazine rings is 1. The lowest BCUT2D eigenvalue weighted by atomic mass is 9.92. The van der Waals surface area contributed by atoms with Crippen LogP contribution in [0, 0.1) is 0 Å². The summed E-state index contributed by atoms with van der Waals surface area (Å²) >= 11 is 1.39. The van der Waals surface area contributed by atoms with Crippen molar-refractivity contribution < 1.29 is 9.59 Å². The van der Waals surface area contributed by atoms with Gasteiger partial charge in [0.05, 0.1) is 11.5 Å². The van der Waals surface area contributed by atoms with Gasteiger partial charge in [-0.05, 0) is 35.1 Å². The molecule has 0 bridgehead atoms. The first-order valence-corrected chi connectivity index (χ1v) is 12.6. The summed E-state index contributed by atoms with van der Waals surface area (Å²) in [6, 6.07) is 16.5. The number of anilines is 2. The van der Waals surface area contributed by atoms with Crippen LogP contribution in [0.1, 0.15) is 50.7 Å². The molecule has 6 heteroatoms. The molecule has 2 aromatic carbocycles. The summed E-state index contributed by atoms with van der Waals surface area (Å²) in [6.07, 6.45) is 0. The molecule has 32 heavy (non-hydrogen) atoms. The van der Waals surface area contributed by atoms with E-state index in [-0.39, 0.29) is 17.6 Å². The van der Waals surface area contributed by atoms with E-state index in [1.807, 2.05) is 23.1 Å². The van der Waals surface area contributed by atoms with E-state index in [9.17, 15) is 9.59 Å². The zero-order valence-electron chi connectivity index (χ0n) is 19.6. The summed E-state index contributed by atoms with van der Waals surface area (Å²) in [5, 5.41) is 3.13. The highest BCUT2D eigenvalue weighted by molar-refractivity contribution is 8.00. The Morgan fingerprint density at radius 1 is 0.844 bits per heavy atom. The largest absolute Gasteiger partial charge is 0.368 e. The lowest BCUT2D eigenvalue weighted by Crippen LogP contribution is -2.49. The summed E-state index contributed by atoms with van der Waals surface area (Å²) in [6.45, 7) is 11.7. The van der Waals surface area contributed by atoms with Gasteiger partial charge in [-0.2, -0.15) is 0 Å². The molecule has 172 valence electrons. The highest BCUT2D eigenvalue weighted by Crippen LogP contribution is 2.32. The number of carbonyl (C=O) groups is 2. The second kappa shape index (κ2) is 11.4. The van der Waals surface area contributed by atoms with Gasteiger partial charge in [-0.3, -0.25) is 9.59 Å². The average Bonchev–Trinajstić information content (AvgIpc) is 2.79. The van der Waals surface area contributed by atoms with Crippen molar-refractivity contribution in [1.29, 1.82) is 0 Å². The molecule has 5 nitrogen and oxygen atoms in total. The number of thioether (sulfide) groups is 1. The predicted octanol–water partition coefficient (Wildman–Crippen LogP) is 4.95. The number of hydrogen-bond acceptors (Lipinski definition) is 4. The topological polar surface area (TPSA) is 52.7 Å². The Balaban J connectivity index is 1.47. The van der Waals surface area contributed by atoms with Gasteiger partial charge in [0.1, 0.15) is 0 Å². The fourth-order valence-corrected chi connectivity index (χ4v) is 4.76. The molecule has 0 aliphatic carbocycles. The Morgan fingerprint density at radius 2 is 1.44 bits per heavy atom. The summed E-state index contributed by atoms with van der Waals surface area (Å²) in [5.41, 5.74) is 4.45. The third kappa shape index (κ3) is 6.28. The van der Waals surface area contributed by atoms with Crippen molar-refractivity contribution in [2.75, 3.05) is 47.9 Å². The Labute approximate surface area is 196 Å². The van der Waals surface area contributed by atoms with Crippen molar-refractivity contribution in [3.63, 3.8) is 0 Å². The minimum absolute atomic E-state index is 0.0494. The maximum Gasteiger partial charge on any atom is 0.234 e. The first-order valence-electron chi connectivity index (χ1n) is 11.4. The van der Waals surface area contributed by atoms with E-state index in [2.05, 4.69) is 68.2 Å². The van der Waals surface area contributed by atoms with Crippen molar-refractivity contribution in [3.05, 3.63) is 59.7 Å². The number of para-hydroxylation sites is 2. The van der Waals surface area contributed by atoms with Gasteiger partial charge in [0.15, 0.2) is 0 Å². The minimum atomic E-state index is -0.0494. The van der Waals surface area contributed by atoms with Gasteiger partial charge in [0.25, 0.3) is 0 Å². The first kappa shape index (κ1) is 24.2. The molecule has 1 fully saturated rings. The highest BCUT2D eigenvalue weighted by atomic mass is 32.2. The number of nitrogens with one attached hydrogen (secondary N) is 1. The molecule has 3 rings (SSSR count). The van der Waals surface area contributed by atoms with Gasteiger partial charge >= 0.3 is 0 Å². The molecule has 0 saturated carbocycles.